The topological polar surface area (TPSA) is 84.0 Å². The molecule has 2 saturated heterocycles. The Morgan fingerprint density at radius 3 is 2.37 bits per heavy atom. The molecule has 2 aromatic rings. The fourth-order valence-electron chi connectivity index (χ4n) is 3.93. The lowest BCUT2D eigenvalue weighted by Crippen LogP contribution is -2.30. The number of carbonyl (C=O) groups is 4. The molecule has 4 rings (SSSR count). The number of carbonyl (C=O) groups excluding carboxylic acids is 4. The van der Waals surface area contributed by atoms with E-state index in [2.05, 4.69) is 0 Å². The average molecular weight is 406 g/mol. The number of rotatable bonds is 5. The molecule has 0 aliphatic carbocycles. The summed E-state index contributed by atoms with van der Waals surface area (Å²) >= 11 is 0. The van der Waals surface area contributed by atoms with Crippen molar-refractivity contribution in [3.8, 4) is 5.75 Å². The van der Waals surface area contributed by atoms with Gasteiger partial charge in [0.15, 0.2) is 0 Å². The van der Waals surface area contributed by atoms with Gasteiger partial charge in [-0.05, 0) is 24.6 Å². The van der Waals surface area contributed by atoms with E-state index in [9.17, 15) is 19.2 Å². The molecule has 0 bridgehead atoms. The lowest BCUT2D eigenvalue weighted by molar-refractivity contribution is -0.139. The van der Waals surface area contributed by atoms with Crippen molar-refractivity contribution >= 4 is 29.4 Å². The van der Waals surface area contributed by atoms with Gasteiger partial charge in [0.2, 0.25) is 17.7 Å². The molecule has 0 saturated carbocycles. The number of hydrogen-bond acceptors (Lipinski definition) is 5. The van der Waals surface area contributed by atoms with Gasteiger partial charge in [0.25, 0.3) is 0 Å². The molecule has 2 aliphatic rings. The first kappa shape index (κ1) is 19.8. The summed E-state index contributed by atoms with van der Waals surface area (Å²) in [5.41, 5.74) is 1.39. The van der Waals surface area contributed by atoms with Crippen LogP contribution in [0.25, 0.3) is 0 Å². The highest BCUT2D eigenvalue weighted by Gasteiger charge is 2.38. The second-order valence-corrected chi connectivity index (χ2v) is 7.58. The number of anilines is 1. The highest BCUT2D eigenvalue weighted by molar-refractivity contribution is 6.19. The Kier molecular flexibility index (Phi) is 5.35. The minimum atomic E-state index is -0.567. The van der Waals surface area contributed by atoms with Crippen LogP contribution in [0.5, 0.6) is 5.75 Å². The Hall–Kier alpha value is -3.48. The van der Waals surface area contributed by atoms with Crippen LogP contribution in [0.1, 0.15) is 37.8 Å². The van der Waals surface area contributed by atoms with Crippen molar-refractivity contribution in [3.63, 3.8) is 0 Å². The van der Waals surface area contributed by atoms with E-state index in [4.69, 9.17) is 4.74 Å². The van der Waals surface area contributed by atoms with Crippen LogP contribution >= 0.6 is 0 Å². The lowest BCUT2D eigenvalue weighted by Gasteiger charge is -2.25. The van der Waals surface area contributed by atoms with E-state index < -0.39 is 11.9 Å². The maximum Gasteiger partial charge on any atom is 0.316 e. The van der Waals surface area contributed by atoms with Gasteiger partial charge in [-0.1, -0.05) is 36.4 Å². The Bertz CT molecular complexity index is 988. The minimum absolute atomic E-state index is 0.0877. The van der Waals surface area contributed by atoms with Crippen molar-refractivity contribution < 1.29 is 23.9 Å². The van der Waals surface area contributed by atoms with Crippen molar-refractivity contribution in [3.05, 3.63) is 60.2 Å². The second kappa shape index (κ2) is 8.10. The van der Waals surface area contributed by atoms with Crippen LogP contribution in [0.4, 0.5) is 5.69 Å². The predicted molar refractivity (Wildman–Crippen MR) is 108 cm³/mol. The number of benzene rings is 2. The molecule has 2 heterocycles. The van der Waals surface area contributed by atoms with Crippen LogP contribution in [0, 0.1) is 5.92 Å². The van der Waals surface area contributed by atoms with Gasteiger partial charge >= 0.3 is 5.97 Å². The summed E-state index contributed by atoms with van der Waals surface area (Å²) < 4.78 is 5.48. The van der Waals surface area contributed by atoms with E-state index in [1.165, 1.54) is 6.07 Å². The first-order valence-corrected chi connectivity index (χ1v) is 9.96. The van der Waals surface area contributed by atoms with Gasteiger partial charge in [0, 0.05) is 31.9 Å². The molecule has 0 unspecified atom stereocenters. The third-order valence-corrected chi connectivity index (χ3v) is 5.59. The van der Waals surface area contributed by atoms with E-state index >= 15 is 0 Å². The highest BCUT2D eigenvalue weighted by Crippen LogP contribution is 2.30. The van der Waals surface area contributed by atoms with Gasteiger partial charge in [0.1, 0.15) is 5.75 Å². The van der Waals surface area contributed by atoms with Crippen LogP contribution in [0.3, 0.4) is 0 Å². The van der Waals surface area contributed by atoms with Gasteiger partial charge < -0.3 is 9.64 Å². The zero-order valence-corrected chi connectivity index (χ0v) is 16.6. The molecule has 7 heteroatoms. The number of imide groups is 1. The Labute approximate surface area is 174 Å². The quantitative estimate of drug-likeness (QED) is 0.433. The molecule has 2 aromatic carbocycles. The number of ether oxygens (including phenoxy) is 1. The summed E-state index contributed by atoms with van der Waals surface area (Å²) in [4.78, 5) is 51.8. The standard InChI is InChI=1S/C23H22N2O5/c1-15(16-6-3-2-4-7-16)24-14-17(12-22(24)28)23(29)30-19-9-5-8-18(13-19)25-20(26)10-11-21(25)27/h2-9,13,15,17H,10-12,14H2,1H3/t15-,17+/m1/s1. The molecule has 30 heavy (non-hydrogen) atoms. The SMILES string of the molecule is C[C@H](c1ccccc1)N1C[C@@H](C(=O)Oc2cccc(N3C(=O)CCC3=O)c2)CC1=O. The molecular formula is C23H22N2O5. The Morgan fingerprint density at radius 2 is 1.67 bits per heavy atom. The van der Waals surface area contributed by atoms with E-state index in [1.807, 2.05) is 37.3 Å². The van der Waals surface area contributed by atoms with E-state index in [-0.39, 0.29) is 55.3 Å². The zero-order chi connectivity index (χ0) is 21.3. The number of esters is 1. The van der Waals surface area contributed by atoms with Crippen molar-refractivity contribution in [2.24, 2.45) is 5.92 Å². The number of nitrogens with zero attached hydrogens (tertiary/aromatic N) is 2. The maximum atomic E-state index is 12.7. The number of hydrogen-bond donors (Lipinski definition) is 0. The smallest absolute Gasteiger partial charge is 0.316 e. The van der Waals surface area contributed by atoms with Crippen LogP contribution in [-0.2, 0) is 19.2 Å². The molecule has 0 aromatic heterocycles. The Balaban J connectivity index is 1.43. The summed E-state index contributed by atoms with van der Waals surface area (Å²) in [6.45, 7) is 2.23. The van der Waals surface area contributed by atoms with E-state index in [1.54, 1.807) is 23.1 Å². The third kappa shape index (κ3) is 3.83. The minimum Gasteiger partial charge on any atom is -0.426 e. The summed E-state index contributed by atoms with van der Waals surface area (Å²) in [6, 6.07) is 15.9. The molecule has 2 atom stereocenters. The van der Waals surface area contributed by atoms with E-state index in [0.717, 1.165) is 10.5 Å². The third-order valence-electron chi connectivity index (χ3n) is 5.59. The van der Waals surface area contributed by atoms with Crippen LogP contribution < -0.4 is 9.64 Å². The van der Waals surface area contributed by atoms with Crippen LogP contribution in [0.15, 0.2) is 54.6 Å². The molecule has 0 spiro atoms. The largest absolute Gasteiger partial charge is 0.426 e. The zero-order valence-electron chi connectivity index (χ0n) is 16.6. The fraction of sp³-hybridized carbons (Fsp3) is 0.304. The van der Waals surface area contributed by atoms with Gasteiger partial charge in [-0.2, -0.15) is 0 Å². The van der Waals surface area contributed by atoms with Crippen molar-refractivity contribution in [1.82, 2.24) is 4.90 Å². The van der Waals surface area contributed by atoms with Crippen LogP contribution in [0.2, 0.25) is 0 Å². The number of likely N-dealkylation sites (tertiary alicyclic amines) is 1. The average Bonchev–Trinajstić information content (AvgIpc) is 3.30. The first-order valence-electron chi connectivity index (χ1n) is 9.96. The first-order chi connectivity index (χ1) is 14.4. The molecule has 2 aliphatic heterocycles. The second-order valence-electron chi connectivity index (χ2n) is 7.58. The normalized spacial score (nSPS) is 20.0. The van der Waals surface area contributed by atoms with Crippen molar-refractivity contribution in [2.45, 2.75) is 32.2 Å². The summed E-state index contributed by atoms with van der Waals surface area (Å²) in [6.07, 6.45) is 0.462. The summed E-state index contributed by atoms with van der Waals surface area (Å²) in [5, 5.41) is 0. The fourth-order valence-corrected chi connectivity index (χ4v) is 3.93. The van der Waals surface area contributed by atoms with Crippen molar-refractivity contribution in [1.29, 1.82) is 0 Å². The van der Waals surface area contributed by atoms with Gasteiger partial charge in [-0.25, -0.2) is 0 Å². The lowest BCUT2D eigenvalue weighted by atomic mass is 10.1. The molecule has 154 valence electrons. The van der Waals surface area contributed by atoms with Gasteiger partial charge in [0.05, 0.1) is 17.6 Å². The van der Waals surface area contributed by atoms with Gasteiger partial charge in [-0.3, -0.25) is 24.1 Å². The molecular weight excluding hydrogens is 384 g/mol. The Morgan fingerprint density at radius 1 is 0.967 bits per heavy atom. The monoisotopic (exact) mass is 406 g/mol. The maximum absolute atomic E-state index is 12.7. The molecule has 3 amide bonds. The summed E-state index contributed by atoms with van der Waals surface area (Å²) in [5.74, 6) is -1.45. The van der Waals surface area contributed by atoms with Gasteiger partial charge in [-0.15, -0.1) is 0 Å². The summed E-state index contributed by atoms with van der Waals surface area (Å²) in [7, 11) is 0. The molecule has 7 nitrogen and oxygen atoms in total. The highest BCUT2D eigenvalue weighted by atomic mass is 16.5. The number of amides is 3. The van der Waals surface area contributed by atoms with Crippen molar-refractivity contribution in [2.75, 3.05) is 11.4 Å². The molecule has 0 radical (unpaired) electrons. The van der Waals surface area contributed by atoms with E-state index in [0.29, 0.717) is 5.69 Å². The molecule has 0 N–H and O–H groups in total. The van der Waals surface area contributed by atoms with Crippen LogP contribution in [-0.4, -0.2) is 35.1 Å². The predicted octanol–water partition coefficient (Wildman–Crippen LogP) is 2.86. The molecule has 2 fully saturated rings.